The molecule has 0 aromatic carbocycles. The van der Waals surface area contributed by atoms with Crippen molar-refractivity contribution in [2.75, 3.05) is 6.54 Å². The van der Waals surface area contributed by atoms with E-state index in [-0.39, 0.29) is 12.3 Å². The average Bonchev–Trinajstić information content (AvgIpc) is 2.29. The molecule has 2 fully saturated rings. The van der Waals surface area contributed by atoms with Crippen LogP contribution in [0.15, 0.2) is 0 Å². The molecule has 1 heterocycles. The molecular formula is C13H21NO3. The number of carboxylic acid groups (broad SMARTS) is 1. The van der Waals surface area contributed by atoms with Gasteiger partial charge < -0.3 is 10.0 Å². The fourth-order valence-electron chi connectivity index (χ4n) is 3.45. The van der Waals surface area contributed by atoms with E-state index in [9.17, 15) is 9.59 Å². The zero-order valence-corrected chi connectivity index (χ0v) is 10.4. The van der Waals surface area contributed by atoms with E-state index in [1.165, 1.54) is 19.3 Å². The van der Waals surface area contributed by atoms with Crippen LogP contribution in [0.2, 0.25) is 0 Å². The monoisotopic (exact) mass is 239 g/mol. The first kappa shape index (κ1) is 12.4. The lowest BCUT2D eigenvalue weighted by molar-refractivity contribution is -0.148. The number of carbonyl (C=O) groups is 2. The summed E-state index contributed by atoms with van der Waals surface area (Å²) in [6.45, 7) is 3.01. The SMILES string of the molecule is CC1CCN(C(=O)CC(=O)O)C2CCCCC12. The first-order valence-corrected chi connectivity index (χ1v) is 6.61. The topological polar surface area (TPSA) is 57.6 Å². The lowest BCUT2D eigenvalue weighted by Crippen LogP contribution is -2.52. The number of fused-ring (bicyclic) bond motifs is 1. The number of rotatable bonds is 2. The Morgan fingerprint density at radius 2 is 1.94 bits per heavy atom. The Bertz CT molecular complexity index is 316. The number of amides is 1. The van der Waals surface area contributed by atoms with Crippen LogP contribution in [0.25, 0.3) is 0 Å². The van der Waals surface area contributed by atoms with E-state index in [1.54, 1.807) is 0 Å². The van der Waals surface area contributed by atoms with Crippen LogP contribution in [-0.2, 0) is 9.59 Å². The maximum atomic E-state index is 11.9. The minimum absolute atomic E-state index is 0.193. The second kappa shape index (κ2) is 5.07. The van der Waals surface area contributed by atoms with Crippen LogP contribution >= 0.6 is 0 Å². The lowest BCUT2D eigenvalue weighted by Gasteiger charge is -2.47. The van der Waals surface area contributed by atoms with Crippen LogP contribution in [0.1, 0.15) is 45.4 Å². The maximum absolute atomic E-state index is 11.9. The van der Waals surface area contributed by atoms with Gasteiger partial charge >= 0.3 is 5.97 Å². The van der Waals surface area contributed by atoms with E-state index in [0.717, 1.165) is 19.4 Å². The molecule has 4 nitrogen and oxygen atoms in total. The summed E-state index contributed by atoms with van der Waals surface area (Å²) in [6, 6.07) is 0.305. The van der Waals surface area contributed by atoms with Crippen LogP contribution in [-0.4, -0.2) is 34.5 Å². The predicted molar refractivity (Wildman–Crippen MR) is 63.5 cm³/mol. The van der Waals surface area contributed by atoms with Crippen LogP contribution < -0.4 is 0 Å². The Morgan fingerprint density at radius 1 is 1.24 bits per heavy atom. The third-order valence-electron chi connectivity index (χ3n) is 4.36. The predicted octanol–water partition coefficient (Wildman–Crippen LogP) is 1.89. The summed E-state index contributed by atoms with van der Waals surface area (Å²) in [4.78, 5) is 24.4. The Hall–Kier alpha value is -1.06. The zero-order valence-electron chi connectivity index (χ0n) is 10.4. The molecule has 1 aliphatic carbocycles. The fraction of sp³-hybridized carbons (Fsp3) is 0.846. The first-order chi connectivity index (χ1) is 8.09. The van der Waals surface area contributed by atoms with E-state index < -0.39 is 5.97 Å². The molecule has 0 aromatic heterocycles. The second-order valence-electron chi connectivity index (χ2n) is 5.44. The van der Waals surface area contributed by atoms with Crippen molar-refractivity contribution in [2.45, 2.75) is 51.5 Å². The van der Waals surface area contributed by atoms with Gasteiger partial charge in [-0.05, 0) is 31.1 Å². The van der Waals surface area contributed by atoms with Crippen molar-refractivity contribution in [3.8, 4) is 0 Å². The Kier molecular flexibility index (Phi) is 3.69. The number of hydrogen-bond donors (Lipinski definition) is 1. The molecule has 3 unspecified atom stereocenters. The fourth-order valence-corrected chi connectivity index (χ4v) is 3.45. The lowest BCUT2D eigenvalue weighted by atomic mass is 9.72. The Morgan fingerprint density at radius 3 is 2.65 bits per heavy atom. The smallest absolute Gasteiger partial charge is 0.312 e. The van der Waals surface area contributed by atoms with Crippen molar-refractivity contribution in [2.24, 2.45) is 11.8 Å². The van der Waals surface area contributed by atoms with Crippen LogP contribution in [0, 0.1) is 11.8 Å². The van der Waals surface area contributed by atoms with Gasteiger partial charge in [-0.2, -0.15) is 0 Å². The number of nitrogens with zero attached hydrogens (tertiary/aromatic N) is 1. The van der Waals surface area contributed by atoms with Gasteiger partial charge in [-0.1, -0.05) is 19.8 Å². The number of hydrogen-bond acceptors (Lipinski definition) is 2. The highest BCUT2D eigenvalue weighted by atomic mass is 16.4. The van der Waals surface area contributed by atoms with Gasteiger partial charge in [0.15, 0.2) is 0 Å². The minimum atomic E-state index is -1.01. The Labute approximate surface area is 102 Å². The van der Waals surface area contributed by atoms with Crippen molar-refractivity contribution >= 4 is 11.9 Å². The van der Waals surface area contributed by atoms with E-state index >= 15 is 0 Å². The number of likely N-dealkylation sites (tertiary alicyclic amines) is 1. The molecular weight excluding hydrogens is 218 g/mol. The molecule has 0 bridgehead atoms. The van der Waals surface area contributed by atoms with Crippen LogP contribution in [0.3, 0.4) is 0 Å². The second-order valence-corrected chi connectivity index (χ2v) is 5.44. The van der Waals surface area contributed by atoms with Crippen molar-refractivity contribution in [1.82, 2.24) is 4.90 Å². The number of carboxylic acids is 1. The van der Waals surface area contributed by atoms with Gasteiger partial charge in [0, 0.05) is 12.6 Å². The minimum Gasteiger partial charge on any atom is -0.481 e. The average molecular weight is 239 g/mol. The van der Waals surface area contributed by atoms with E-state index in [2.05, 4.69) is 6.92 Å². The molecule has 0 radical (unpaired) electrons. The molecule has 1 saturated carbocycles. The van der Waals surface area contributed by atoms with E-state index in [4.69, 9.17) is 5.11 Å². The van der Waals surface area contributed by atoms with Crippen molar-refractivity contribution in [1.29, 1.82) is 0 Å². The molecule has 1 amide bonds. The van der Waals surface area contributed by atoms with Crippen molar-refractivity contribution < 1.29 is 14.7 Å². The van der Waals surface area contributed by atoms with Crippen molar-refractivity contribution in [3.05, 3.63) is 0 Å². The van der Waals surface area contributed by atoms with Gasteiger partial charge in [0.05, 0.1) is 0 Å². The van der Waals surface area contributed by atoms with Gasteiger partial charge in [0.25, 0.3) is 0 Å². The third kappa shape index (κ3) is 2.61. The van der Waals surface area contributed by atoms with Gasteiger partial charge in [-0.15, -0.1) is 0 Å². The highest BCUT2D eigenvalue weighted by Crippen LogP contribution is 2.38. The van der Waals surface area contributed by atoms with Gasteiger partial charge in [0.1, 0.15) is 6.42 Å². The van der Waals surface area contributed by atoms with Crippen LogP contribution in [0.4, 0.5) is 0 Å². The third-order valence-corrected chi connectivity index (χ3v) is 4.36. The van der Waals surface area contributed by atoms with Gasteiger partial charge in [0.2, 0.25) is 5.91 Å². The molecule has 2 rings (SSSR count). The van der Waals surface area contributed by atoms with E-state index in [0.29, 0.717) is 17.9 Å². The summed E-state index contributed by atoms with van der Waals surface area (Å²) in [5.41, 5.74) is 0. The number of aliphatic carboxylic acids is 1. The largest absolute Gasteiger partial charge is 0.481 e. The summed E-state index contributed by atoms with van der Waals surface area (Å²) in [5, 5.41) is 8.72. The zero-order chi connectivity index (χ0) is 12.4. The molecule has 1 aliphatic heterocycles. The number of piperidine rings is 1. The molecule has 17 heavy (non-hydrogen) atoms. The molecule has 4 heteroatoms. The quantitative estimate of drug-likeness (QED) is 0.749. The molecule has 2 aliphatic rings. The Balaban J connectivity index is 2.06. The molecule has 0 aromatic rings. The molecule has 96 valence electrons. The van der Waals surface area contributed by atoms with E-state index in [1.807, 2.05) is 4.90 Å². The molecule has 0 spiro atoms. The first-order valence-electron chi connectivity index (χ1n) is 6.61. The number of carbonyl (C=O) groups excluding carboxylic acids is 1. The van der Waals surface area contributed by atoms with Gasteiger partial charge in [-0.25, -0.2) is 0 Å². The molecule has 1 saturated heterocycles. The summed E-state index contributed by atoms with van der Waals surface area (Å²) < 4.78 is 0. The van der Waals surface area contributed by atoms with Crippen molar-refractivity contribution in [3.63, 3.8) is 0 Å². The highest BCUT2D eigenvalue weighted by molar-refractivity contribution is 5.93. The summed E-state index contributed by atoms with van der Waals surface area (Å²) in [6.07, 6.45) is 5.35. The standard InChI is InChI=1S/C13H21NO3/c1-9-6-7-14(12(15)8-13(16)17)11-5-3-2-4-10(9)11/h9-11H,2-8H2,1H3,(H,16,17). The highest BCUT2D eigenvalue weighted by Gasteiger charge is 2.39. The maximum Gasteiger partial charge on any atom is 0.312 e. The molecule has 1 N–H and O–H groups in total. The molecule has 3 atom stereocenters. The normalized spacial score (nSPS) is 33.0. The summed E-state index contributed by atoms with van der Waals surface area (Å²) in [5.74, 6) is 0.0618. The van der Waals surface area contributed by atoms with Crippen LogP contribution in [0.5, 0.6) is 0 Å². The summed E-state index contributed by atoms with van der Waals surface area (Å²) >= 11 is 0. The van der Waals surface area contributed by atoms with Gasteiger partial charge in [-0.3, -0.25) is 9.59 Å². The summed E-state index contributed by atoms with van der Waals surface area (Å²) in [7, 11) is 0.